The van der Waals surface area contributed by atoms with Crippen molar-refractivity contribution >= 4 is 6.03 Å². The minimum absolute atomic E-state index is 0.0301. The van der Waals surface area contributed by atoms with E-state index in [1.54, 1.807) is 0 Å². The van der Waals surface area contributed by atoms with Crippen LogP contribution >= 0.6 is 0 Å². The zero-order chi connectivity index (χ0) is 18.1. The molecule has 0 fully saturated rings. The van der Waals surface area contributed by atoms with Crippen molar-refractivity contribution in [3.05, 3.63) is 71.8 Å². The number of nitrogens with one attached hydrogen (secondary N) is 2. The normalized spacial score (nSPS) is 13.3. The highest BCUT2D eigenvalue weighted by Crippen LogP contribution is 2.13. The van der Waals surface area contributed by atoms with Crippen LogP contribution in [0.3, 0.4) is 0 Å². The quantitative estimate of drug-likeness (QED) is 0.772. The van der Waals surface area contributed by atoms with E-state index < -0.39 is 0 Å². The molecule has 2 aromatic carbocycles. The molecule has 4 heteroatoms. The van der Waals surface area contributed by atoms with Crippen molar-refractivity contribution in [3.8, 4) is 0 Å². The third-order valence-corrected chi connectivity index (χ3v) is 4.14. The number of carbonyl (C=O) groups is 1. The Morgan fingerprint density at radius 3 is 2.16 bits per heavy atom. The number of benzene rings is 2. The Morgan fingerprint density at radius 2 is 1.56 bits per heavy atom. The lowest BCUT2D eigenvalue weighted by molar-refractivity contribution is 0.229. The zero-order valence-electron chi connectivity index (χ0n) is 15.4. The van der Waals surface area contributed by atoms with Crippen LogP contribution in [-0.4, -0.2) is 37.6 Å². The van der Waals surface area contributed by atoms with E-state index in [2.05, 4.69) is 27.7 Å². The average Bonchev–Trinajstić information content (AvgIpc) is 2.60. The van der Waals surface area contributed by atoms with Gasteiger partial charge >= 0.3 is 6.03 Å². The lowest BCUT2D eigenvalue weighted by Gasteiger charge is -2.24. The Kier molecular flexibility index (Phi) is 7.48. The average molecular weight is 339 g/mol. The number of carbonyl (C=O) groups excluding carboxylic acids is 1. The molecule has 2 N–H and O–H groups in total. The molecule has 0 aliphatic carbocycles. The standard InChI is InChI=1S/C21H29N3O/c1-17(14-15-18-10-6-4-7-11-18)22-21(25)23-20(16-24(2)3)19-12-8-5-9-13-19/h4-13,17,20H,14-16H2,1-3H3,(H2,22,23,25). The fourth-order valence-corrected chi connectivity index (χ4v) is 2.81. The van der Waals surface area contributed by atoms with E-state index in [-0.39, 0.29) is 18.1 Å². The maximum Gasteiger partial charge on any atom is 0.315 e. The van der Waals surface area contributed by atoms with Crippen molar-refractivity contribution in [1.29, 1.82) is 0 Å². The molecule has 2 aromatic rings. The number of rotatable bonds is 8. The van der Waals surface area contributed by atoms with Crippen molar-refractivity contribution in [1.82, 2.24) is 15.5 Å². The van der Waals surface area contributed by atoms with Gasteiger partial charge in [-0.3, -0.25) is 0 Å². The monoisotopic (exact) mass is 339 g/mol. The molecule has 0 bridgehead atoms. The molecule has 0 spiro atoms. The van der Waals surface area contributed by atoms with E-state index >= 15 is 0 Å². The van der Waals surface area contributed by atoms with E-state index in [4.69, 9.17) is 0 Å². The first-order valence-electron chi connectivity index (χ1n) is 8.85. The number of amides is 2. The lowest BCUT2D eigenvalue weighted by Crippen LogP contribution is -2.44. The van der Waals surface area contributed by atoms with Gasteiger partial charge in [-0.25, -0.2) is 4.79 Å². The van der Waals surface area contributed by atoms with Crippen LogP contribution in [0.5, 0.6) is 0 Å². The van der Waals surface area contributed by atoms with Gasteiger partial charge in [-0.15, -0.1) is 0 Å². The van der Waals surface area contributed by atoms with Crippen molar-refractivity contribution in [2.24, 2.45) is 0 Å². The molecule has 2 amide bonds. The molecule has 134 valence electrons. The summed E-state index contributed by atoms with van der Waals surface area (Å²) in [5.41, 5.74) is 2.41. The third-order valence-electron chi connectivity index (χ3n) is 4.14. The molecule has 0 saturated heterocycles. The topological polar surface area (TPSA) is 44.4 Å². The van der Waals surface area contributed by atoms with Crippen LogP contribution in [0, 0.1) is 0 Å². The summed E-state index contributed by atoms with van der Waals surface area (Å²) in [7, 11) is 4.02. The Hall–Kier alpha value is -2.33. The first-order valence-corrected chi connectivity index (χ1v) is 8.85. The molecular weight excluding hydrogens is 310 g/mol. The van der Waals surface area contributed by atoms with Gasteiger partial charge in [-0.2, -0.15) is 0 Å². The molecule has 0 saturated carbocycles. The molecule has 0 aliphatic rings. The van der Waals surface area contributed by atoms with Gasteiger partial charge in [-0.05, 0) is 45.0 Å². The minimum Gasteiger partial charge on any atom is -0.336 e. The van der Waals surface area contributed by atoms with Crippen molar-refractivity contribution in [2.45, 2.75) is 31.8 Å². The Balaban J connectivity index is 1.85. The van der Waals surface area contributed by atoms with Crippen LogP contribution in [0.2, 0.25) is 0 Å². The molecule has 0 radical (unpaired) electrons. The van der Waals surface area contributed by atoms with Crippen LogP contribution in [-0.2, 0) is 6.42 Å². The van der Waals surface area contributed by atoms with Gasteiger partial charge in [0.25, 0.3) is 0 Å². The summed E-state index contributed by atoms with van der Waals surface area (Å²) in [6.07, 6.45) is 1.88. The summed E-state index contributed by atoms with van der Waals surface area (Å²) in [6, 6.07) is 20.4. The highest BCUT2D eigenvalue weighted by molar-refractivity contribution is 5.74. The van der Waals surface area contributed by atoms with Crippen LogP contribution in [0.15, 0.2) is 60.7 Å². The molecule has 0 aromatic heterocycles. The maximum absolute atomic E-state index is 12.4. The number of hydrogen-bond acceptors (Lipinski definition) is 2. The number of hydrogen-bond donors (Lipinski definition) is 2. The highest BCUT2D eigenvalue weighted by atomic mass is 16.2. The molecule has 4 nitrogen and oxygen atoms in total. The Labute approximate surface area is 151 Å². The summed E-state index contributed by atoms with van der Waals surface area (Å²) in [5.74, 6) is 0. The smallest absolute Gasteiger partial charge is 0.315 e. The highest BCUT2D eigenvalue weighted by Gasteiger charge is 2.16. The van der Waals surface area contributed by atoms with Crippen molar-refractivity contribution < 1.29 is 4.79 Å². The number of likely N-dealkylation sites (N-methyl/N-ethyl adjacent to an activating group) is 1. The summed E-state index contributed by atoms with van der Waals surface area (Å²) in [5, 5.41) is 6.16. The molecule has 2 unspecified atom stereocenters. The molecule has 25 heavy (non-hydrogen) atoms. The number of urea groups is 1. The fourth-order valence-electron chi connectivity index (χ4n) is 2.81. The molecule has 2 atom stereocenters. The zero-order valence-corrected chi connectivity index (χ0v) is 15.4. The minimum atomic E-state index is -0.115. The van der Waals surface area contributed by atoms with Crippen LogP contribution in [0.1, 0.15) is 30.5 Å². The second kappa shape index (κ2) is 9.84. The van der Waals surface area contributed by atoms with Gasteiger partial charge in [0, 0.05) is 12.6 Å². The second-order valence-corrected chi connectivity index (χ2v) is 6.77. The van der Waals surface area contributed by atoms with E-state index in [1.807, 2.05) is 69.6 Å². The lowest BCUT2D eigenvalue weighted by atomic mass is 10.1. The number of aryl methyl sites for hydroxylation is 1. The number of nitrogens with zero attached hydrogens (tertiary/aromatic N) is 1. The van der Waals surface area contributed by atoms with Crippen molar-refractivity contribution in [3.63, 3.8) is 0 Å². The second-order valence-electron chi connectivity index (χ2n) is 6.77. The van der Waals surface area contributed by atoms with Gasteiger partial charge in [0.2, 0.25) is 0 Å². The van der Waals surface area contributed by atoms with Gasteiger partial charge in [0.1, 0.15) is 0 Å². The van der Waals surface area contributed by atoms with E-state index in [9.17, 15) is 4.79 Å². The van der Waals surface area contributed by atoms with Crippen LogP contribution in [0.25, 0.3) is 0 Å². The first-order chi connectivity index (χ1) is 12.0. The molecule has 2 rings (SSSR count). The SMILES string of the molecule is CC(CCc1ccccc1)NC(=O)NC(CN(C)C)c1ccccc1. The molecule has 0 heterocycles. The molecular formula is C21H29N3O. The van der Waals surface area contributed by atoms with Gasteiger partial charge < -0.3 is 15.5 Å². The third kappa shape index (κ3) is 6.98. The van der Waals surface area contributed by atoms with E-state index in [0.717, 1.165) is 24.9 Å². The van der Waals surface area contributed by atoms with E-state index in [1.165, 1.54) is 5.56 Å². The van der Waals surface area contributed by atoms with Crippen LogP contribution < -0.4 is 10.6 Å². The summed E-state index contributed by atoms with van der Waals surface area (Å²) in [6.45, 7) is 2.81. The van der Waals surface area contributed by atoms with Gasteiger partial charge in [0.15, 0.2) is 0 Å². The largest absolute Gasteiger partial charge is 0.336 e. The van der Waals surface area contributed by atoms with Crippen LogP contribution in [0.4, 0.5) is 4.79 Å². The maximum atomic E-state index is 12.4. The Morgan fingerprint density at radius 1 is 0.960 bits per heavy atom. The first kappa shape index (κ1) is 19.0. The predicted octanol–water partition coefficient (Wildman–Crippen LogP) is 3.61. The Bertz CT molecular complexity index is 628. The fraction of sp³-hybridized carbons (Fsp3) is 0.381. The summed E-state index contributed by atoms with van der Waals surface area (Å²) in [4.78, 5) is 14.5. The molecule has 0 aliphatic heterocycles. The van der Waals surface area contributed by atoms with E-state index in [0.29, 0.717) is 0 Å². The summed E-state index contributed by atoms with van der Waals surface area (Å²) >= 11 is 0. The summed E-state index contributed by atoms with van der Waals surface area (Å²) < 4.78 is 0. The van der Waals surface area contributed by atoms with Gasteiger partial charge in [0.05, 0.1) is 6.04 Å². The predicted molar refractivity (Wildman–Crippen MR) is 104 cm³/mol. The van der Waals surface area contributed by atoms with Gasteiger partial charge in [-0.1, -0.05) is 60.7 Å². The van der Waals surface area contributed by atoms with Crippen molar-refractivity contribution in [2.75, 3.05) is 20.6 Å².